The number of benzene rings is 2. The van der Waals surface area contributed by atoms with E-state index in [0.717, 1.165) is 25.0 Å². The smallest absolute Gasteiger partial charge is 0.230 e. The molecule has 0 aliphatic heterocycles. The van der Waals surface area contributed by atoms with Crippen LogP contribution in [0, 0.1) is 5.82 Å². The minimum Gasteiger partial charge on any atom is -0.493 e. The Kier molecular flexibility index (Phi) is 9.04. The maximum absolute atomic E-state index is 13.5. The Labute approximate surface area is 159 Å². The van der Waals surface area contributed by atoms with Crippen molar-refractivity contribution in [2.45, 2.75) is 31.9 Å². The first-order chi connectivity index (χ1) is 12.7. The van der Waals surface area contributed by atoms with Crippen LogP contribution in [0.1, 0.15) is 30.9 Å². The number of rotatable bonds is 11. The van der Waals surface area contributed by atoms with Gasteiger partial charge in [-0.15, -0.1) is 11.8 Å². The van der Waals surface area contributed by atoms with Crippen LogP contribution in [0.25, 0.3) is 0 Å². The highest BCUT2D eigenvalue weighted by molar-refractivity contribution is 7.99. The van der Waals surface area contributed by atoms with Gasteiger partial charge in [0, 0.05) is 12.3 Å². The molecule has 0 spiro atoms. The summed E-state index contributed by atoms with van der Waals surface area (Å²) >= 11 is 1.42. The van der Waals surface area contributed by atoms with Crippen molar-refractivity contribution in [1.29, 1.82) is 0 Å². The molecule has 0 heterocycles. The number of carbonyl (C=O) groups excluding carboxylic acids is 1. The molecule has 0 atom stereocenters. The van der Waals surface area contributed by atoms with Crippen LogP contribution in [0.5, 0.6) is 5.75 Å². The monoisotopic (exact) mass is 375 g/mol. The summed E-state index contributed by atoms with van der Waals surface area (Å²) in [5.74, 6) is 1.54. The van der Waals surface area contributed by atoms with Crippen LogP contribution in [-0.4, -0.2) is 24.8 Å². The average Bonchev–Trinajstić information content (AvgIpc) is 2.66. The molecule has 0 unspecified atom stereocenters. The highest BCUT2D eigenvalue weighted by atomic mass is 32.2. The Bertz CT molecular complexity index is 693. The third-order valence-electron chi connectivity index (χ3n) is 3.83. The van der Waals surface area contributed by atoms with Crippen molar-refractivity contribution in [3.05, 3.63) is 65.5 Å². The summed E-state index contributed by atoms with van der Waals surface area (Å²) in [4.78, 5) is 11.9. The molecule has 1 amide bonds. The van der Waals surface area contributed by atoms with Crippen LogP contribution in [0.4, 0.5) is 4.39 Å². The van der Waals surface area contributed by atoms with E-state index >= 15 is 0 Å². The molecule has 2 aromatic carbocycles. The number of carbonyl (C=O) groups is 1. The SMILES string of the molecule is CCCOc1ccccc1CCCNC(=O)CSCc1ccccc1F. The molecular formula is C21H26FNO2S. The van der Waals surface area contributed by atoms with E-state index in [1.54, 1.807) is 18.2 Å². The van der Waals surface area contributed by atoms with Crippen LogP contribution in [0.15, 0.2) is 48.5 Å². The van der Waals surface area contributed by atoms with Gasteiger partial charge in [-0.05, 0) is 42.5 Å². The molecule has 0 bridgehead atoms. The molecule has 0 radical (unpaired) electrons. The van der Waals surface area contributed by atoms with Crippen molar-refractivity contribution >= 4 is 17.7 Å². The van der Waals surface area contributed by atoms with Gasteiger partial charge in [0.25, 0.3) is 0 Å². The van der Waals surface area contributed by atoms with Gasteiger partial charge in [0.05, 0.1) is 12.4 Å². The van der Waals surface area contributed by atoms with Crippen molar-refractivity contribution in [3.63, 3.8) is 0 Å². The van der Waals surface area contributed by atoms with Gasteiger partial charge in [0.1, 0.15) is 11.6 Å². The van der Waals surface area contributed by atoms with Gasteiger partial charge >= 0.3 is 0 Å². The molecule has 0 aromatic heterocycles. The summed E-state index contributed by atoms with van der Waals surface area (Å²) < 4.78 is 19.3. The zero-order valence-corrected chi connectivity index (χ0v) is 16.0. The van der Waals surface area contributed by atoms with Crippen molar-refractivity contribution < 1.29 is 13.9 Å². The second kappa shape index (κ2) is 11.6. The Balaban J connectivity index is 1.64. The quantitative estimate of drug-likeness (QED) is 0.584. The van der Waals surface area contributed by atoms with Crippen LogP contribution in [0.3, 0.4) is 0 Å². The van der Waals surface area contributed by atoms with E-state index in [1.165, 1.54) is 23.4 Å². The summed E-state index contributed by atoms with van der Waals surface area (Å²) in [6.45, 7) is 3.43. The lowest BCUT2D eigenvalue weighted by molar-refractivity contribution is -0.118. The summed E-state index contributed by atoms with van der Waals surface area (Å²) in [5, 5.41) is 2.92. The fraction of sp³-hybridized carbons (Fsp3) is 0.381. The van der Waals surface area contributed by atoms with Gasteiger partial charge in [-0.1, -0.05) is 43.3 Å². The molecule has 0 fully saturated rings. The van der Waals surface area contributed by atoms with Crippen molar-refractivity contribution in [2.75, 3.05) is 18.9 Å². The van der Waals surface area contributed by atoms with E-state index < -0.39 is 0 Å². The van der Waals surface area contributed by atoms with E-state index in [9.17, 15) is 9.18 Å². The second-order valence-electron chi connectivity index (χ2n) is 5.99. The topological polar surface area (TPSA) is 38.3 Å². The van der Waals surface area contributed by atoms with Crippen LogP contribution in [-0.2, 0) is 17.0 Å². The summed E-state index contributed by atoms with van der Waals surface area (Å²) in [6.07, 6.45) is 2.70. The van der Waals surface area contributed by atoms with E-state index in [2.05, 4.69) is 18.3 Å². The van der Waals surface area contributed by atoms with Crippen LogP contribution in [0.2, 0.25) is 0 Å². The lowest BCUT2D eigenvalue weighted by Gasteiger charge is -2.11. The summed E-state index contributed by atoms with van der Waals surface area (Å²) in [7, 11) is 0. The minimum atomic E-state index is -0.218. The van der Waals surface area contributed by atoms with E-state index in [1.807, 2.05) is 18.2 Å². The molecule has 140 valence electrons. The van der Waals surface area contributed by atoms with Gasteiger partial charge in [-0.2, -0.15) is 0 Å². The first-order valence-electron chi connectivity index (χ1n) is 8.99. The number of aryl methyl sites for hydroxylation is 1. The first kappa shape index (κ1) is 20.3. The van der Waals surface area contributed by atoms with Gasteiger partial charge in [0.2, 0.25) is 5.91 Å². The zero-order valence-electron chi connectivity index (χ0n) is 15.2. The molecule has 3 nitrogen and oxygen atoms in total. The highest BCUT2D eigenvalue weighted by Gasteiger charge is 2.06. The van der Waals surface area contributed by atoms with Gasteiger partial charge in [-0.25, -0.2) is 4.39 Å². The molecular weight excluding hydrogens is 349 g/mol. The number of nitrogens with one attached hydrogen (secondary N) is 1. The number of hydrogen-bond donors (Lipinski definition) is 1. The lowest BCUT2D eigenvalue weighted by Crippen LogP contribution is -2.26. The number of para-hydroxylation sites is 1. The zero-order chi connectivity index (χ0) is 18.6. The fourth-order valence-corrected chi connectivity index (χ4v) is 3.33. The third-order valence-corrected chi connectivity index (χ3v) is 4.81. The summed E-state index contributed by atoms with van der Waals surface area (Å²) in [5.41, 5.74) is 1.80. The molecule has 5 heteroatoms. The molecule has 26 heavy (non-hydrogen) atoms. The molecule has 1 N–H and O–H groups in total. The standard InChI is InChI=1S/C21H26FNO2S/c1-2-14-25-20-12-6-4-8-17(20)10-7-13-23-21(24)16-26-15-18-9-3-5-11-19(18)22/h3-6,8-9,11-12H,2,7,10,13-16H2,1H3,(H,23,24). The number of hydrogen-bond acceptors (Lipinski definition) is 3. The van der Waals surface area contributed by atoms with Crippen molar-refractivity contribution in [3.8, 4) is 5.75 Å². The number of amides is 1. The van der Waals surface area contributed by atoms with Gasteiger partial charge in [0.15, 0.2) is 0 Å². The Morgan fingerprint density at radius 3 is 2.62 bits per heavy atom. The maximum atomic E-state index is 13.5. The highest BCUT2D eigenvalue weighted by Crippen LogP contribution is 2.19. The minimum absolute atomic E-state index is 0.0122. The Morgan fingerprint density at radius 2 is 1.85 bits per heavy atom. The first-order valence-corrected chi connectivity index (χ1v) is 10.1. The van der Waals surface area contributed by atoms with Gasteiger partial charge < -0.3 is 10.1 Å². The normalized spacial score (nSPS) is 10.5. The lowest BCUT2D eigenvalue weighted by atomic mass is 10.1. The van der Waals surface area contributed by atoms with E-state index in [-0.39, 0.29) is 11.7 Å². The molecule has 0 aliphatic carbocycles. The predicted molar refractivity (Wildman–Crippen MR) is 106 cm³/mol. The molecule has 0 saturated carbocycles. The fourth-order valence-electron chi connectivity index (χ4n) is 2.49. The van der Waals surface area contributed by atoms with Crippen LogP contribution < -0.4 is 10.1 Å². The average molecular weight is 376 g/mol. The Hall–Kier alpha value is -2.01. The molecule has 0 saturated heterocycles. The van der Waals surface area contributed by atoms with Crippen molar-refractivity contribution in [2.24, 2.45) is 0 Å². The Morgan fingerprint density at radius 1 is 1.12 bits per heavy atom. The molecule has 2 rings (SSSR count). The van der Waals surface area contributed by atoms with Gasteiger partial charge in [-0.3, -0.25) is 4.79 Å². The maximum Gasteiger partial charge on any atom is 0.230 e. The molecule has 2 aromatic rings. The number of thioether (sulfide) groups is 1. The predicted octanol–water partition coefficient (Wildman–Crippen LogP) is 4.60. The van der Waals surface area contributed by atoms with Crippen molar-refractivity contribution in [1.82, 2.24) is 5.32 Å². The van der Waals surface area contributed by atoms with Crippen LogP contribution >= 0.6 is 11.8 Å². The number of ether oxygens (including phenoxy) is 1. The molecule has 0 aliphatic rings. The third kappa shape index (κ3) is 7.08. The van der Waals surface area contributed by atoms with E-state index in [4.69, 9.17) is 4.74 Å². The largest absolute Gasteiger partial charge is 0.493 e. The summed E-state index contributed by atoms with van der Waals surface area (Å²) in [6, 6.07) is 14.7. The number of halogens is 1. The van der Waals surface area contributed by atoms with E-state index in [0.29, 0.717) is 30.2 Å². The second-order valence-corrected chi connectivity index (χ2v) is 6.98.